The second kappa shape index (κ2) is 7.29. The van der Waals surface area contributed by atoms with Crippen LogP contribution < -0.4 is 10.6 Å². The van der Waals surface area contributed by atoms with Gasteiger partial charge in [0.15, 0.2) is 0 Å². The maximum atomic E-state index is 12.0. The second-order valence-corrected chi connectivity index (χ2v) is 5.36. The number of carbonyl (C=O) groups is 1. The molecule has 2 N–H and O–H groups in total. The van der Waals surface area contributed by atoms with Gasteiger partial charge in [-0.1, -0.05) is 18.5 Å². The van der Waals surface area contributed by atoms with E-state index in [1.807, 2.05) is 30.1 Å². The molecule has 0 aliphatic rings. The molecule has 2 rings (SSSR count). The molecule has 0 saturated carbocycles. The largest absolute Gasteiger partial charge is 0.345 e. The fourth-order valence-corrected chi connectivity index (χ4v) is 2.40. The molecule has 1 atom stereocenters. The summed E-state index contributed by atoms with van der Waals surface area (Å²) in [7, 11) is 1.94. The van der Waals surface area contributed by atoms with Crippen LogP contribution in [0.4, 0.5) is 5.69 Å². The smallest absolute Gasteiger partial charge is 0.244 e. The Labute approximate surface area is 130 Å². The number of nitrogens with one attached hydrogen (secondary N) is 2. The molecule has 0 aliphatic carbocycles. The van der Waals surface area contributed by atoms with E-state index < -0.39 is 0 Å². The first-order valence-electron chi connectivity index (χ1n) is 7.00. The van der Waals surface area contributed by atoms with Gasteiger partial charge in [0.25, 0.3) is 0 Å². The lowest BCUT2D eigenvalue weighted by atomic mass is 10.1. The maximum absolute atomic E-state index is 12.0. The van der Waals surface area contributed by atoms with Crippen LogP contribution in [0.15, 0.2) is 42.7 Å². The zero-order chi connectivity index (χ0) is 15.2. The zero-order valence-corrected chi connectivity index (χ0v) is 13.0. The Balaban J connectivity index is 1.95. The van der Waals surface area contributed by atoms with E-state index >= 15 is 0 Å². The molecule has 0 bridgehead atoms. The molecule has 0 fully saturated rings. The van der Waals surface area contributed by atoms with Crippen molar-refractivity contribution in [2.24, 2.45) is 0 Å². The first-order chi connectivity index (χ1) is 10.1. The molecule has 0 spiro atoms. The molecule has 1 aromatic heterocycles. The van der Waals surface area contributed by atoms with Crippen molar-refractivity contribution in [1.82, 2.24) is 9.88 Å². The fraction of sp³-hybridized carbons (Fsp3) is 0.312. The van der Waals surface area contributed by atoms with Gasteiger partial charge in [0.05, 0.1) is 0 Å². The van der Waals surface area contributed by atoms with Gasteiger partial charge in [0.1, 0.15) is 6.54 Å². The van der Waals surface area contributed by atoms with E-state index in [0.717, 1.165) is 12.1 Å². The minimum atomic E-state index is -0.0584. The van der Waals surface area contributed by atoms with Crippen molar-refractivity contribution in [1.29, 1.82) is 0 Å². The standard InChI is InChI=1S/C16H20ClN3O/c1-3-15(18-2)12-8-9-20(10-12)11-16(21)19-14-6-4-13(17)5-7-14/h4-10,15,18H,3,11H2,1-2H3,(H,19,21). The summed E-state index contributed by atoms with van der Waals surface area (Å²) in [5.74, 6) is -0.0584. The fourth-order valence-electron chi connectivity index (χ4n) is 2.27. The average molecular weight is 306 g/mol. The second-order valence-electron chi connectivity index (χ2n) is 4.92. The molecule has 4 nitrogen and oxygen atoms in total. The molecule has 5 heteroatoms. The third-order valence-electron chi connectivity index (χ3n) is 3.39. The molecule has 21 heavy (non-hydrogen) atoms. The maximum Gasteiger partial charge on any atom is 0.244 e. The van der Waals surface area contributed by atoms with Crippen LogP contribution in [0.3, 0.4) is 0 Å². The van der Waals surface area contributed by atoms with E-state index in [9.17, 15) is 4.79 Å². The third-order valence-corrected chi connectivity index (χ3v) is 3.64. The summed E-state index contributed by atoms with van der Waals surface area (Å²) in [6.45, 7) is 2.43. The molecule has 1 aromatic carbocycles. The summed E-state index contributed by atoms with van der Waals surface area (Å²) < 4.78 is 1.89. The van der Waals surface area contributed by atoms with E-state index in [0.29, 0.717) is 17.6 Å². The van der Waals surface area contributed by atoms with E-state index in [-0.39, 0.29) is 5.91 Å². The first kappa shape index (κ1) is 15.6. The minimum Gasteiger partial charge on any atom is -0.345 e. The predicted octanol–water partition coefficient (Wildman–Crippen LogP) is 3.45. The Morgan fingerprint density at radius 3 is 2.62 bits per heavy atom. The SMILES string of the molecule is CCC(NC)c1ccn(CC(=O)Nc2ccc(Cl)cc2)c1. The van der Waals surface area contributed by atoms with Crippen molar-refractivity contribution >= 4 is 23.2 Å². The molecule has 1 heterocycles. The third kappa shape index (κ3) is 4.34. The van der Waals surface area contributed by atoms with Crippen LogP contribution in [0.2, 0.25) is 5.02 Å². The minimum absolute atomic E-state index is 0.0584. The molecule has 0 radical (unpaired) electrons. The van der Waals surface area contributed by atoms with Gasteiger partial charge in [-0.15, -0.1) is 0 Å². The summed E-state index contributed by atoms with van der Waals surface area (Å²) in [5.41, 5.74) is 1.94. The van der Waals surface area contributed by atoms with Gasteiger partial charge < -0.3 is 15.2 Å². The highest BCUT2D eigenvalue weighted by molar-refractivity contribution is 6.30. The molecule has 0 aliphatic heterocycles. The van der Waals surface area contributed by atoms with Crippen LogP contribution in [0.5, 0.6) is 0 Å². The number of rotatable bonds is 6. The van der Waals surface area contributed by atoms with Gasteiger partial charge >= 0.3 is 0 Å². The Hall–Kier alpha value is -1.78. The number of hydrogen-bond donors (Lipinski definition) is 2. The Morgan fingerprint density at radius 1 is 1.29 bits per heavy atom. The van der Waals surface area contributed by atoms with Gasteiger partial charge in [-0.25, -0.2) is 0 Å². The van der Waals surface area contributed by atoms with Crippen LogP contribution in [0, 0.1) is 0 Å². The quantitative estimate of drug-likeness (QED) is 0.858. The number of nitrogens with zero attached hydrogens (tertiary/aromatic N) is 1. The Morgan fingerprint density at radius 2 is 2.00 bits per heavy atom. The van der Waals surface area contributed by atoms with Crippen molar-refractivity contribution in [3.63, 3.8) is 0 Å². The average Bonchev–Trinajstić information content (AvgIpc) is 2.91. The molecule has 2 aromatic rings. The summed E-state index contributed by atoms with van der Waals surface area (Å²) >= 11 is 5.82. The van der Waals surface area contributed by atoms with Crippen molar-refractivity contribution < 1.29 is 4.79 Å². The van der Waals surface area contributed by atoms with Gasteiger partial charge in [-0.05, 0) is 49.4 Å². The van der Waals surface area contributed by atoms with Crippen LogP contribution >= 0.6 is 11.6 Å². The number of anilines is 1. The number of aromatic nitrogens is 1. The van der Waals surface area contributed by atoms with Gasteiger partial charge in [0, 0.05) is 29.1 Å². The molecular formula is C16H20ClN3O. The van der Waals surface area contributed by atoms with E-state index in [1.54, 1.807) is 24.3 Å². The van der Waals surface area contributed by atoms with Crippen molar-refractivity contribution in [2.75, 3.05) is 12.4 Å². The topological polar surface area (TPSA) is 46.1 Å². The van der Waals surface area contributed by atoms with Crippen LogP contribution in [-0.4, -0.2) is 17.5 Å². The predicted molar refractivity (Wildman–Crippen MR) is 86.6 cm³/mol. The highest BCUT2D eigenvalue weighted by atomic mass is 35.5. The highest BCUT2D eigenvalue weighted by Crippen LogP contribution is 2.17. The summed E-state index contributed by atoms with van der Waals surface area (Å²) in [6, 6.07) is 9.45. The lowest BCUT2D eigenvalue weighted by molar-refractivity contribution is -0.116. The molecule has 112 valence electrons. The highest BCUT2D eigenvalue weighted by Gasteiger charge is 2.09. The molecule has 0 saturated heterocycles. The van der Waals surface area contributed by atoms with E-state index in [4.69, 9.17) is 11.6 Å². The van der Waals surface area contributed by atoms with Gasteiger partial charge in [-0.3, -0.25) is 4.79 Å². The van der Waals surface area contributed by atoms with Crippen LogP contribution in [0.1, 0.15) is 24.9 Å². The zero-order valence-electron chi connectivity index (χ0n) is 12.3. The summed E-state index contributed by atoms with van der Waals surface area (Å²) in [4.78, 5) is 12.0. The number of hydrogen-bond acceptors (Lipinski definition) is 2. The number of amides is 1. The monoisotopic (exact) mass is 305 g/mol. The Bertz CT molecular complexity index is 588. The van der Waals surface area contributed by atoms with Gasteiger partial charge in [-0.2, -0.15) is 0 Å². The van der Waals surface area contributed by atoms with Crippen LogP contribution in [-0.2, 0) is 11.3 Å². The van der Waals surface area contributed by atoms with E-state index in [1.165, 1.54) is 5.56 Å². The lowest BCUT2D eigenvalue weighted by Crippen LogP contribution is -2.18. The normalized spacial score (nSPS) is 12.1. The Kier molecular flexibility index (Phi) is 5.42. The summed E-state index contributed by atoms with van der Waals surface area (Å²) in [6.07, 6.45) is 4.94. The number of halogens is 1. The molecule has 1 unspecified atom stereocenters. The number of benzene rings is 1. The van der Waals surface area contributed by atoms with Crippen molar-refractivity contribution in [3.05, 3.63) is 53.3 Å². The van der Waals surface area contributed by atoms with Crippen molar-refractivity contribution in [3.8, 4) is 0 Å². The molecular weight excluding hydrogens is 286 g/mol. The number of carbonyl (C=O) groups excluding carboxylic acids is 1. The van der Waals surface area contributed by atoms with Crippen LogP contribution in [0.25, 0.3) is 0 Å². The summed E-state index contributed by atoms with van der Waals surface area (Å²) in [5, 5.41) is 6.76. The van der Waals surface area contributed by atoms with Gasteiger partial charge in [0.2, 0.25) is 5.91 Å². The lowest BCUT2D eigenvalue weighted by Gasteiger charge is -2.11. The molecule has 1 amide bonds. The van der Waals surface area contributed by atoms with Crippen molar-refractivity contribution in [2.45, 2.75) is 25.9 Å². The first-order valence-corrected chi connectivity index (χ1v) is 7.38. The van der Waals surface area contributed by atoms with E-state index in [2.05, 4.69) is 17.6 Å².